The smallest absolute Gasteiger partial charge is 0.110 e. The van der Waals surface area contributed by atoms with Gasteiger partial charge in [0.25, 0.3) is 0 Å². The Morgan fingerprint density at radius 2 is 2.28 bits per heavy atom. The Morgan fingerprint density at radius 3 is 2.89 bits per heavy atom. The second kappa shape index (κ2) is 7.11. The van der Waals surface area contributed by atoms with Gasteiger partial charge in [0.1, 0.15) is 5.76 Å². The monoisotopic (exact) mass is 287 g/mol. The highest BCUT2D eigenvalue weighted by Crippen LogP contribution is 2.38. The Balaban J connectivity index is 1.99. The molecule has 0 aromatic rings. The van der Waals surface area contributed by atoms with Gasteiger partial charge >= 0.3 is 0 Å². The van der Waals surface area contributed by atoms with Crippen molar-refractivity contribution in [2.24, 2.45) is 0 Å². The molecule has 2 nitrogen and oxygen atoms in total. The fourth-order valence-electron chi connectivity index (χ4n) is 2.35. The number of thioether (sulfide) groups is 2. The molecule has 1 fully saturated rings. The van der Waals surface area contributed by atoms with Crippen molar-refractivity contribution < 1.29 is 4.74 Å². The van der Waals surface area contributed by atoms with Crippen LogP contribution in [0.25, 0.3) is 0 Å². The minimum atomic E-state index is 0.417. The van der Waals surface area contributed by atoms with Crippen LogP contribution in [0, 0.1) is 0 Å². The molecule has 0 aromatic heterocycles. The van der Waals surface area contributed by atoms with Crippen molar-refractivity contribution in [3.8, 4) is 0 Å². The van der Waals surface area contributed by atoms with Gasteiger partial charge in [-0.25, -0.2) is 0 Å². The van der Waals surface area contributed by atoms with Gasteiger partial charge in [0.2, 0.25) is 0 Å². The van der Waals surface area contributed by atoms with Crippen molar-refractivity contribution in [1.29, 1.82) is 0 Å². The van der Waals surface area contributed by atoms with Crippen LogP contribution in [-0.2, 0) is 4.74 Å². The molecule has 2 rings (SSSR count). The van der Waals surface area contributed by atoms with Crippen LogP contribution in [0.3, 0.4) is 0 Å². The van der Waals surface area contributed by atoms with E-state index in [0.29, 0.717) is 11.3 Å². The first-order valence-electron chi connectivity index (χ1n) is 7.05. The van der Waals surface area contributed by atoms with E-state index in [1.165, 1.54) is 17.9 Å². The van der Waals surface area contributed by atoms with Crippen molar-refractivity contribution in [3.63, 3.8) is 0 Å². The Kier molecular flexibility index (Phi) is 5.77. The van der Waals surface area contributed by atoms with Crippen LogP contribution in [0.15, 0.2) is 11.8 Å². The average molecular weight is 287 g/mol. The van der Waals surface area contributed by atoms with Crippen molar-refractivity contribution in [2.45, 2.75) is 55.4 Å². The highest BCUT2D eigenvalue weighted by Gasteiger charge is 2.34. The van der Waals surface area contributed by atoms with Gasteiger partial charge in [-0.1, -0.05) is 20.8 Å². The Labute approximate surface area is 120 Å². The largest absolute Gasteiger partial charge is 0.496 e. The lowest BCUT2D eigenvalue weighted by molar-refractivity contribution is 0.214. The predicted molar refractivity (Wildman–Crippen MR) is 83.5 cm³/mol. The number of ether oxygens (including phenoxy) is 1. The number of rotatable bonds is 5. The lowest BCUT2D eigenvalue weighted by Gasteiger charge is -2.36. The summed E-state index contributed by atoms with van der Waals surface area (Å²) in [4.78, 5) is 0. The van der Waals surface area contributed by atoms with E-state index in [1.54, 1.807) is 0 Å². The first-order chi connectivity index (χ1) is 8.72. The van der Waals surface area contributed by atoms with Crippen LogP contribution in [0.5, 0.6) is 0 Å². The molecule has 0 aromatic carbocycles. The zero-order valence-corrected chi connectivity index (χ0v) is 13.3. The molecule has 0 spiro atoms. The van der Waals surface area contributed by atoms with E-state index in [0.717, 1.165) is 30.1 Å². The molecule has 0 bridgehead atoms. The van der Waals surface area contributed by atoms with E-state index in [4.69, 9.17) is 4.74 Å². The molecule has 4 atom stereocenters. The summed E-state index contributed by atoms with van der Waals surface area (Å²) in [5, 5.41) is 5.85. The van der Waals surface area contributed by atoms with E-state index >= 15 is 0 Å². The third-order valence-corrected chi connectivity index (χ3v) is 7.09. The molecule has 4 heteroatoms. The van der Waals surface area contributed by atoms with Gasteiger partial charge in [-0.3, -0.25) is 0 Å². The fourth-order valence-corrected chi connectivity index (χ4v) is 5.45. The first kappa shape index (κ1) is 14.6. The Bertz CT molecular complexity index is 296. The molecule has 4 unspecified atom stereocenters. The lowest BCUT2D eigenvalue weighted by atomic mass is 10.1. The van der Waals surface area contributed by atoms with Crippen LogP contribution >= 0.6 is 23.5 Å². The Morgan fingerprint density at radius 1 is 1.44 bits per heavy atom. The maximum absolute atomic E-state index is 5.80. The van der Waals surface area contributed by atoms with Crippen LogP contribution in [-0.4, -0.2) is 40.7 Å². The van der Waals surface area contributed by atoms with Gasteiger partial charge in [-0.05, 0) is 19.0 Å². The van der Waals surface area contributed by atoms with Gasteiger partial charge in [0.05, 0.1) is 12.6 Å². The summed E-state index contributed by atoms with van der Waals surface area (Å²) >= 11 is 4.25. The fraction of sp³-hybridized carbons (Fsp3) is 0.857. The number of hydrogen-bond donors (Lipinski definition) is 1. The molecular formula is C14H25NOS2. The van der Waals surface area contributed by atoms with E-state index in [1.807, 2.05) is 0 Å². The Hall–Kier alpha value is 0.200. The molecular weight excluding hydrogens is 262 g/mol. The molecule has 2 aliphatic rings. The second-order valence-corrected chi connectivity index (χ2v) is 8.13. The van der Waals surface area contributed by atoms with Gasteiger partial charge < -0.3 is 10.1 Å². The maximum atomic E-state index is 5.80. The molecule has 2 aliphatic heterocycles. The van der Waals surface area contributed by atoms with E-state index < -0.39 is 0 Å². The van der Waals surface area contributed by atoms with Crippen LogP contribution in [0.4, 0.5) is 0 Å². The van der Waals surface area contributed by atoms with Crippen molar-refractivity contribution in [1.82, 2.24) is 5.32 Å². The van der Waals surface area contributed by atoms with Crippen LogP contribution in [0.2, 0.25) is 0 Å². The lowest BCUT2D eigenvalue weighted by Crippen LogP contribution is -2.45. The molecule has 1 N–H and O–H groups in total. The predicted octanol–water partition coefficient (Wildman–Crippen LogP) is 3.28. The van der Waals surface area contributed by atoms with Gasteiger partial charge in [0.15, 0.2) is 0 Å². The summed E-state index contributed by atoms with van der Waals surface area (Å²) in [7, 11) is 0. The van der Waals surface area contributed by atoms with Crippen molar-refractivity contribution >= 4 is 23.5 Å². The molecule has 18 heavy (non-hydrogen) atoms. The minimum absolute atomic E-state index is 0.417. The highest BCUT2D eigenvalue weighted by molar-refractivity contribution is 8.07. The number of nitrogens with one attached hydrogen (secondary N) is 1. The highest BCUT2D eigenvalue weighted by atomic mass is 32.2. The quantitative estimate of drug-likeness (QED) is 0.837. The zero-order chi connectivity index (χ0) is 13.0. The van der Waals surface area contributed by atoms with Gasteiger partial charge in [-0.15, -0.1) is 0 Å². The third-order valence-electron chi connectivity index (χ3n) is 3.60. The normalized spacial score (nSPS) is 33.9. The minimum Gasteiger partial charge on any atom is -0.496 e. The molecule has 0 aliphatic carbocycles. The van der Waals surface area contributed by atoms with Gasteiger partial charge in [-0.2, -0.15) is 23.5 Å². The molecule has 104 valence electrons. The summed E-state index contributed by atoms with van der Waals surface area (Å²) < 4.78 is 5.80. The summed E-state index contributed by atoms with van der Waals surface area (Å²) in [6.07, 6.45) is 4.54. The van der Waals surface area contributed by atoms with Crippen molar-refractivity contribution in [2.75, 3.05) is 18.9 Å². The van der Waals surface area contributed by atoms with Crippen molar-refractivity contribution in [3.05, 3.63) is 11.8 Å². The van der Waals surface area contributed by atoms with E-state index in [2.05, 4.69) is 55.7 Å². The van der Waals surface area contributed by atoms with Crippen LogP contribution in [0.1, 0.15) is 33.6 Å². The topological polar surface area (TPSA) is 21.3 Å². The second-order valence-electron chi connectivity index (χ2n) is 5.09. The van der Waals surface area contributed by atoms with Gasteiger partial charge in [0, 0.05) is 27.9 Å². The molecule has 1 saturated heterocycles. The summed E-state index contributed by atoms with van der Waals surface area (Å²) in [6, 6.07) is 0.417. The zero-order valence-electron chi connectivity index (χ0n) is 11.6. The van der Waals surface area contributed by atoms with E-state index in [9.17, 15) is 0 Å². The van der Waals surface area contributed by atoms with E-state index in [-0.39, 0.29) is 0 Å². The average Bonchev–Trinajstić information content (AvgIpc) is 2.88. The summed E-state index contributed by atoms with van der Waals surface area (Å²) in [6.45, 7) is 8.88. The molecule has 0 amide bonds. The van der Waals surface area contributed by atoms with Crippen LogP contribution < -0.4 is 5.32 Å². The molecule has 0 radical (unpaired) electrons. The maximum Gasteiger partial charge on any atom is 0.110 e. The number of hydrogen-bond acceptors (Lipinski definition) is 4. The summed E-state index contributed by atoms with van der Waals surface area (Å²) in [5.41, 5.74) is 0. The summed E-state index contributed by atoms with van der Waals surface area (Å²) in [5.74, 6) is 2.43. The SMILES string of the molecule is CCCNC(C1=CCCO1)C1CSC(C)C(C)S1. The first-order valence-corrected chi connectivity index (χ1v) is 9.04. The third kappa shape index (κ3) is 3.61. The molecule has 2 heterocycles. The molecule has 0 saturated carbocycles. The standard InChI is InChI=1S/C14H25NOS2/c1-4-7-15-14(12-6-5-8-16-12)13-9-17-10(2)11(3)18-13/h6,10-11,13-15H,4-5,7-9H2,1-3H3.